The third kappa shape index (κ3) is 1.51. The van der Waals surface area contributed by atoms with Crippen LogP contribution in [0.4, 0.5) is 0 Å². The zero-order chi connectivity index (χ0) is 9.38. The lowest BCUT2D eigenvalue weighted by Gasteiger charge is -2.29. The SMILES string of the molecule is C1CCC2CC3CCCCC3C2CC1. The van der Waals surface area contributed by atoms with Crippen LogP contribution in [0.5, 0.6) is 0 Å². The summed E-state index contributed by atoms with van der Waals surface area (Å²) in [6, 6.07) is 0. The van der Waals surface area contributed by atoms with E-state index in [1.807, 2.05) is 0 Å². The normalized spacial score (nSPS) is 48.0. The molecule has 4 atom stereocenters. The largest absolute Gasteiger partial charge is 0.0533 e. The molecule has 3 saturated carbocycles. The van der Waals surface area contributed by atoms with Crippen LogP contribution < -0.4 is 0 Å². The molecule has 0 bridgehead atoms. The lowest BCUT2D eigenvalue weighted by molar-refractivity contribution is 0.210. The third-order valence-electron chi connectivity index (χ3n) is 5.34. The summed E-state index contributed by atoms with van der Waals surface area (Å²) in [6.07, 6.45) is 15.7. The van der Waals surface area contributed by atoms with Gasteiger partial charge in [0, 0.05) is 0 Å². The van der Waals surface area contributed by atoms with Gasteiger partial charge in [0.25, 0.3) is 0 Å². The van der Waals surface area contributed by atoms with Crippen LogP contribution in [0.2, 0.25) is 0 Å². The van der Waals surface area contributed by atoms with Gasteiger partial charge in [0.15, 0.2) is 0 Å². The maximum Gasteiger partial charge on any atom is -0.0355 e. The lowest BCUT2D eigenvalue weighted by Crippen LogP contribution is -2.20. The zero-order valence-electron chi connectivity index (χ0n) is 9.38. The fourth-order valence-corrected chi connectivity index (χ4v) is 4.75. The summed E-state index contributed by atoms with van der Waals surface area (Å²) in [5, 5.41) is 0. The summed E-state index contributed by atoms with van der Waals surface area (Å²) in [7, 11) is 0. The van der Waals surface area contributed by atoms with Crippen molar-refractivity contribution in [3.8, 4) is 0 Å². The van der Waals surface area contributed by atoms with Crippen LogP contribution in [-0.2, 0) is 0 Å². The number of hydrogen-bond acceptors (Lipinski definition) is 0. The van der Waals surface area contributed by atoms with E-state index >= 15 is 0 Å². The van der Waals surface area contributed by atoms with Crippen molar-refractivity contribution in [1.82, 2.24) is 0 Å². The maximum absolute atomic E-state index is 1.62. The fourth-order valence-electron chi connectivity index (χ4n) is 4.75. The second kappa shape index (κ2) is 3.87. The Bertz CT molecular complexity index is 196. The van der Waals surface area contributed by atoms with Crippen molar-refractivity contribution >= 4 is 0 Å². The Morgan fingerprint density at radius 2 is 1.00 bits per heavy atom. The summed E-state index contributed by atoms with van der Waals surface area (Å²) in [4.78, 5) is 0. The van der Waals surface area contributed by atoms with E-state index in [0.29, 0.717) is 0 Å². The van der Waals surface area contributed by atoms with E-state index in [9.17, 15) is 0 Å². The van der Waals surface area contributed by atoms with Crippen LogP contribution >= 0.6 is 0 Å². The topological polar surface area (TPSA) is 0 Å². The molecule has 80 valence electrons. The molecule has 0 aromatic carbocycles. The third-order valence-corrected chi connectivity index (χ3v) is 5.34. The van der Waals surface area contributed by atoms with Gasteiger partial charge < -0.3 is 0 Å². The Hall–Kier alpha value is 0. The first-order valence-electron chi connectivity index (χ1n) is 6.95. The number of rotatable bonds is 0. The summed E-state index contributed by atoms with van der Waals surface area (Å²) in [5.74, 6) is 4.66. The average molecular weight is 192 g/mol. The fraction of sp³-hybridized carbons (Fsp3) is 1.00. The average Bonchev–Trinajstić information content (AvgIpc) is 2.42. The predicted octanol–water partition coefficient (Wildman–Crippen LogP) is 4.39. The molecule has 0 nitrogen and oxygen atoms in total. The first-order valence-corrected chi connectivity index (χ1v) is 6.95. The van der Waals surface area contributed by atoms with Crippen molar-refractivity contribution in [2.75, 3.05) is 0 Å². The molecule has 3 aliphatic rings. The van der Waals surface area contributed by atoms with Crippen molar-refractivity contribution in [3.05, 3.63) is 0 Å². The molecule has 0 aromatic heterocycles. The second-order valence-electron chi connectivity index (χ2n) is 6.01. The minimum absolute atomic E-state index is 1.16. The van der Waals surface area contributed by atoms with Crippen molar-refractivity contribution in [1.29, 1.82) is 0 Å². The molecule has 0 amide bonds. The Morgan fingerprint density at radius 3 is 1.71 bits per heavy atom. The summed E-state index contributed by atoms with van der Waals surface area (Å²) >= 11 is 0. The van der Waals surface area contributed by atoms with Crippen LogP contribution in [0.1, 0.15) is 64.2 Å². The van der Waals surface area contributed by atoms with Crippen LogP contribution in [0.15, 0.2) is 0 Å². The maximum atomic E-state index is 1.62. The molecule has 0 N–H and O–H groups in total. The molecule has 0 radical (unpaired) electrons. The van der Waals surface area contributed by atoms with Crippen molar-refractivity contribution in [2.24, 2.45) is 23.7 Å². The molecule has 0 aromatic rings. The highest BCUT2D eigenvalue weighted by Gasteiger charge is 2.43. The van der Waals surface area contributed by atoms with E-state index in [1.54, 1.807) is 57.8 Å². The molecule has 0 saturated heterocycles. The quantitative estimate of drug-likeness (QED) is 0.534. The first-order chi connectivity index (χ1) is 6.95. The smallest absolute Gasteiger partial charge is 0.0355 e. The Kier molecular flexibility index (Phi) is 2.55. The van der Waals surface area contributed by atoms with E-state index in [4.69, 9.17) is 0 Å². The summed E-state index contributed by atoms with van der Waals surface area (Å²) < 4.78 is 0. The standard InChI is InChI=1S/C14H24/c1-2-6-11-10-12-7-4-5-9-14(12)13(11)8-3-1/h11-14H,1-10H2. The van der Waals surface area contributed by atoms with Gasteiger partial charge in [-0.1, -0.05) is 44.9 Å². The van der Waals surface area contributed by atoms with Crippen molar-refractivity contribution < 1.29 is 0 Å². The molecule has 0 heterocycles. The number of hydrogen-bond donors (Lipinski definition) is 0. The van der Waals surface area contributed by atoms with Gasteiger partial charge in [0.1, 0.15) is 0 Å². The van der Waals surface area contributed by atoms with E-state index in [0.717, 1.165) is 11.8 Å². The van der Waals surface area contributed by atoms with Gasteiger partial charge in [-0.3, -0.25) is 0 Å². The van der Waals surface area contributed by atoms with Gasteiger partial charge in [-0.15, -0.1) is 0 Å². The molecule has 3 rings (SSSR count). The highest BCUT2D eigenvalue weighted by Crippen LogP contribution is 2.53. The predicted molar refractivity (Wildman–Crippen MR) is 60.1 cm³/mol. The molecule has 3 fully saturated rings. The van der Waals surface area contributed by atoms with Crippen molar-refractivity contribution in [3.63, 3.8) is 0 Å². The van der Waals surface area contributed by atoms with Gasteiger partial charge in [-0.05, 0) is 42.9 Å². The highest BCUT2D eigenvalue weighted by atomic mass is 14.5. The molecule has 4 unspecified atom stereocenters. The first kappa shape index (κ1) is 9.24. The van der Waals surface area contributed by atoms with Crippen LogP contribution in [0.25, 0.3) is 0 Å². The van der Waals surface area contributed by atoms with Crippen LogP contribution in [0.3, 0.4) is 0 Å². The van der Waals surface area contributed by atoms with E-state index in [1.165, 1.54) is 18.3 Å². The number of fused-ring (bicyclic) bond motifs is 3. The second-order valence-corrected chi connectivity index (χ2v) is 6.01. The molecule has 14 heavy (non-hydrogen) atoms. The van der Waals surface area contributed by atoms with E-state index in [-0.39, 0.29) is 0 Å². The lowest BCUT2D eigenvalue weighted by atomic mass is 9.76. The molecule has 3 aliphatic carbocycles. The molecular formula is C14H24. The summed E-state index contributed by atoms with van der Waals surface area (Å²) in [6.45, 7) is 0. The van der Waals surface area contributed by atoms with Gasteiger partial charge in [-0.2, -0.15) is 0 Å². The Morgan fingerprint density at radius 1 is 0.500 bits per heavy atom. The molecular weight excluding hydrogens is 168 g/mol. The molecule has 0 aliphatic heterocycles. The van der Waals surface area contributed by atoms with Crippen LogP contribution in [-0.4, -0.2) is 0 Å². The summed E-state index contributed by atoms with van der Waals surface area (Å²) in [5.41, 5.74) is 0. The van der Waals surface area contributed by atoms with E-state index < -0.39 is 0 Å². The van der Waals surface area contributed by atoms with Gasteiger partial charge in [0.2, 0.25) is 0 Å². The molecule has 0 heteroatoms. The Balaban J connectivity index is 1.75. The Labute approximate surface area is 88.5 Å². The zero-order valence-corrected chi connectivity index (χ0v) is 9.38. The van der Waals surface area contributed by atoms with Gasteiger partial charge in [0.05, 0.1) is 0 Å². The monoisotopic (exact) mass is 192 g/mol. The minimum atomic E-state index is 1.16. The molecule has 0 spiro atoms. The van der Waals surface area contributed by atoms with Crippen molar-refractivity contribution in [2.45, 2.75) is 64.2 Å². The van der Waals surface area contributed by atoms with Gasteiger partial charge >= 0.3 is 0 Å². The van der Waals surface area contributed by atoms with E-state index in [2.05, 4.69) is 0 Å². The van der Waals surface area contributed by atoms with Crippen LogP contribution in [0, 0.1) is 23.7 Å². The minimum Gasteiger partial charge on any atom is -0.0533 e. The van der Waals surface area contributed by atoms with Gasteiger partial charge in [-0.25, -0.2) is 0 Å². The highest BCUT2D eigenvalue weighted by molar-refractivity contribution is 4.93.